The first-order valence-electron chi connectivity index (χ1n) is 9.82. The van der Waals surface area contributed by atoms with Crippen LogP contribution in [-0.2, 0) is 9.53 Å². The van der Waals surface area contributed by atoms with E-state index in [2.05, 4.69) is 26.6 Å². The van der Waals surface area contributed by atoms with Crippen molar-refractivity contribution in [1.29, 1.82) is 0 Å². The van der Waals surface area contributed by atoms with Gasteiger partial charge in [-0.3, -0.25) is 9.59 Å². The fourth-order valence-corrected chi connectivity index (χ4v) is 3.13. The number of carbonyl (C=O) groups excluding carboxylic acids is 3. The van der Waals surface area contributed by atoms with Crippen molar-refractivity contribution in [3.8, 4) is 5.75 Å². The van der Waals surface area contributed by atoms with Gasteiger partial charge in [-0.25, -0.2) is 4.79 Å². The van der Waals surface area contributed by atoms with Gasteiger partial charge >= 0.3 is 5.97 Å². The third kappa shape index (κ3) is 6.54. The second-order valence-corrected chi connectivity index (χ2v) is 7.73. The first-order valence-corrected chi connectivity index (χ1v) is 10.6. The number of carbonyl (C=O) groups is 3. The lowest BCUT2D eigenvalue weighted by Crippen LogP contribution is -2.30. The molecule has 168 valence electrons. The van der Waals surface area contributed by atoms with E-state index in [1.807, 2.05) is 0 Å². The van der Waals surface area contributed by atoms with Crippen LogP contribution in [0.2, 0.25) is 0 Å². The maximum atomic E-state index is 13.1. The molecular formula is C25H21BrN2O5. The lowest BCUT2D eigenvalue weighted by molar-refractivity contribution is -0.113. The Morgan fingerprint density at radius 3 is 2.21 bits per heavy atom. The Kier molecular flexibility index (Phi) is 7.99. The molecule has 0 aromatic heterocycles. The molecule has 2 N–H and O–H groups in total. The van der Waals surface area contributed by atoms with Crippen LogP contribution < -0.4 is 15.4 Å². The van der Waals surface area contributed by atoms with Crippen LogP contribution in [0.15, 0.2) is 83.0 Å². The molecule has 3 aromatic rings. The molecule has 0 bridgehead atoms. The van der Waals surface area contributed by atoms with Crippen molar-refractivity contribution < 1.29 is 23.9 Å². The number of nitrogens with one attached hydrogen (secondary N) is 2. The molecule has 3 aromatic carbocycles. The van der Waals surface area contributed by atoms with E-state index in [0.29, 0.717) is 22.6 Å². The summed E-state index contributed by atoms with van der Waals surface area (Å²) in [6, 6.07) is 20.1. The lowest BCUT2D eigenvalue weighted by Gasteiger charge is -2.12. The van der Waals surface area contributed by atoms with E-state index < -0.39 is 17.8 Å². The van der Waals surface area contributed by atoms with Gasteiger partial charge in [-0.15, -0.1) is 0 Å². The van der Waals surface area contributed by atoms with Crippen molar-refractivity contribution in [1.82, 2.24) is 5.32 Å². The number of anilines is 1. The molecule has 0 saturated carbocycles. The summed E-state index contributed by atoms with van der Waals surface area (Å²) >= 11 is 3.33. The van der Waals surface area contributed by atoms with E-state index in [9.17, 15) is 14.4 Å². The summed E-state index contributed by atoms with van der Waals surface area (Å²) in [5.74, 6) is -0.862. The highest BCUT2D eigenvalue weighted by atomic mass is 79.9. The second-order valence-electron chi connectivity index (χ2n) is 6.82. The molecule has 0 atom stereocenters. The summed E-state index contributed by atoms with van der Waals surface area (Å²) in [6.45, 7) is 0. The molecule has 0 aliphatic carbocycles. The minimum atomic E-state index is -0.557. The van der Waals surface area contributed by atoms with E-state index in [0.717, 1.165) is 4.47 Å². The van der Waals surface area contributed by atoms with Gasteiger partial charge in [0.2, 0.25) is 0 Å². The minimum absolute atomic E-state index is 0.0246. The highest BCUT2D eigenvalue weighted by Crippen LogP contribution is 2.17. The average molecular weight is 509 g/mol. The molecule has 0 radical (unpaired) electrons. The first-order chi connectivity index (χ1) is 15.9. The number of hydrogen-bond acceptors (Lipinski definition) is 5. The molecule has 0 fully saturated rings. The molecule has 2 amide bonds. The molecule has 3 rings (SSSR count). The summed E-state index contributed by atoms with van der Waals surface area (Å²) in [4.78, 5) is 37.6. The van der Waals surface area contributed by atoms with Gasteiger partial charge in [0.15, 0.2) is 0 Å². The number of ether oxygens (including phenoxy) is 2. The normalized spacial score (nSPS) is 10.8. The van der Waals surface area contributed by atoms with Crippen LogP contribution in [0.4, 0.5) is 5.69 Å². The van der Waals surface area contributed by atoms with Gasteiger partial charge < -0.3 is 20.1 Å². The van der Waals surface area contributed by atoms with Crippen LogP contribution in [0.1, 0.15) is 26.3 Å². The maximum Gasteiger partial charge on any atom is 0.337 e. The Labute approximate surface area is 199 Å². The van der Waals surface area contributed by atoms with E-state index in [1.54, 1.807) is 79.9 Å². The van der Waals surface area contributed by atoms with Crippen molar-refractivity contribution in [3.05, 3.63) is 99.7 Å². The minimum Gasteiger partial charge on any atom is -0.497 e. The van der Waals surface area contributed by atoms with E-state index in [1.165, 1.54) is 13.2 Å². The zero-order valence-corrected chi connectivity index (χ0v) is 19.5. The molecule has 8 heteroatoms. The van der Waals surface area contributed by atoms with E-state index in [-0.39, 0.29) is 11.3 Å². The third-order valence-corrected chi connectivity index (χ3v) is 5.10. The average Bonchev–Trinajstić information content (AvgIpc) is 2.84. The van der Waals surface area contributed by atoms with Crippen molar-refractivity contribution >= 4 is 45.5 Å². The predicted molar refractivity (Wildman–Crippen MR) is 129 cm³/mol. The zero-order chi connectivity index (χ0) is 23.8. The van der Waals surface area contributed by atoms with Gasteiger partial charge in [0, 0.05) is 15.7 Å². The van der Waals surface area contributed by atoms with Gasteiger partial charge in [-0.05, 0) is 66.2 Å². The van der Waals surface area contributed by atoms with Crippen LogP contribution in [0.3, 0.4) is 0 Å². The summed E-state index contributed by atoms with van der Waals surface area (Å²) in [5, 5.41) is 5.38. The summed E-state index contributed by atoms with van der Waals surface area (Å²) in [7, 11) is 2.84. The quantitative estimate of drug-likeness (QED) is 0.357. The molecule has 7 nitrogen and oxygen atoms in total. The summed E-state index contributed by atoms with van der Waals surface area (Å²) in [5.41, 5.74) is 1.76. The summed E-state index contributed by atoms with van der Waals surface area (Å²) < 4.78 is 10.7. The Hall–Kier alpha value is -3.91. The molecule has 0 unspecified atom stereocenters. The third-order valence-electron chi connectivity index (χ3n) is 4.57. The van der Waals surface area contributed by atoms with Gasteiger partial charge in [-0.2, -0.15) is 0 Å². The van der Waals surface area contributed by atoms with Gasteiger partial charge in [0.25, 0.3) is 11.8 Å². The van der Waals surface area contributed by atoms with Crippen LogP contribution in [0.5, 0.6) is 5.75 Å². The van der Waals surface area contributed by atoms with Gasteiger partial charge in [0.1, 0.15) is 11.4 Å². The summed E-state index contributed by atoms with van der Waals surface area (Å²) in [6.07, 6.45) is 1.55. The first kappa shape index (κ1) is 23.7. The Balaban J connectivity index is 1.89. The zero-order valence-electron chi connectivity index (χ0n) is 17.9. The topological polar surface area (TPSA) is 93.7 Å². The molecule has 0 aliphatic heterocycles. The number of esters is 1. The molecule has 0 heterocycles. The van der Waals surface area contributed by atoms with Crippen LogP contribution >= 0.6 is 15.9 Å². The van der Waals surface area contributed by atoms with E-state index >= 15 is 0 Å². The van der Waals surface area contributed by atoms with Gasteiger partial charge in [-0.1, -0.05) is 34.1 Å². The maximum absolute atomic E-state index is 13.1. The largest absolute Gasteiger partial charge is 0.497 e. The predicted octanol–water partition coefficient (Wildman–Crippen LogP) is 4.65. The number of methoxy groups -OCH3 is 2. The standard InChI is InChI=1S/C25H21BrN2O5/c1-32-21-12-6-16(7-13-21)14-22(28-23(29)17-8-10-19(26)11-9-17)24(30)27-20-5-3-4-18(15-20)25(31)33-2/h3-15H,1-2H3,(H,27,30)(H,28,29)/b22-14+. The van der Waals surface area contributed by atoms with Crippen molar-refractivity contribution in [2.75, 3.05) is 19.5 Å². The highest BCUT2D eigenvalue weighted by Gasteiger charge is 2.16. The number of halogens is 1. The van der Waals surface area contributed by atoms with Crippen LogP contribution in [-0.4, -0.2) is 32.0 Å². The molecular weight excluding hydrogens is 488 g/mol. The molecule has 0 spiro atoms. The van der Waals surface area contributed by atoms with Crippen LogP contribution in [0.25, 0.3) is 6.08 Å². The molecule has 33 heavy (non-hydrogen) atoms. The number of benzene rings is 3. The molecule has 0 aliphatic rings. The second kappa shape index (κ2) is 11.1. The monoisotopic (exact) mass is 508 g/mol. The fourth-order valence-electron chi connectivity index (χ4n) is 2.86. The Morgan fingerprint density at radius 1 is 0.879 bits per heavy atom. The van der Waals surface area contributed by atoms with Crippen molar-refractivity contribution in [2.45, 2.75) is 0 Å². The Morgan fingerprint density at radius 2 is 1.58 bits per heavy atom. The van der Waals surface area contributed by atoms with Gasteiger partial charge in [0.05, 0.1) is 19.8 Å². The highest BCUT2D eigenvalue weighted by molar-refractivity contribution is 9.10. The fraction of sp³-hybridized carbons (Fsp3) is 0.0800. The number of amides is 2. The van der Waals surface area contributed by atoms with Crippen molar-refractivity contribution in [2.24, 2.45) is 0 Å². The molecule has 0 saturated heterocycles. The number of rotatable bonds is 7. The lowest BCUT2D eigenvalue weighted by atomic mass is 10.1. The van der Waals surface area contributed by atoms with Crippen molar-refractivity contribution in [3.63, 3.8) is 0 Å². The Bertz CT molecular complexity index is 1190. The number of hydrogen-bond donors (Lipinski definition) is 2. The smallest absolute Gasteiger partial charge is 0.337 e. The van der Waals surface area contributed by atoms with Crippen LogP contribution in [0, 0.1) is 0 Å². The van der Waals surface area contributed by atoms with E-state index in [4.69, 9.17) is 9.47 Å². The SMILES string of the molecule is COC(=O)c1cccc(NC(=O)/C(=C\c2ccc(OC)cc2)NC(=O)c2ccc(Br)cc2)c1.